The van der Waals surface area contributed by atoms with Gasteiger partial charge in [-0.05, 0) is 26.8 Å². The van der Waals surface area contributed by atoms with Crippen molar-refractivity contribution in [3.05, 3.63) is 29.8 Å². The minimum absolute atomic E-state index is 0.131. The number of hydrogen-bond acceptors (Lipinski definition) is 3. The van der Waals surface area contributed by atoms with Crippen molar-refractivity contribution >= 4 is 11.8 Å². The highest BCUT2D eigenvalue weighted by Gasteiger charge is 2.14. The Morgan fingerprint density at radius 2 is 2.06 bits per heavy atom. The van der Waals surface area contributed by atoms with Crippen molar-refractivity contribution in [3.8, 4) is 0 Å². The molecule has 2 amide bonds. The van der Waals surface area contributed by atoms with E-state index >= 15 is 0 Å². The van der Waals surface area contributed by atoms with Gasteiger partial charge in [-0.3, -0.25) is 9.59 Å². The number of amides is 2. The topological polar surface area (TPSA) is 71.1 Å². The number of nitrogens with one attached hydrogen (secondary N) is 2. The summed E-state index contributed by atoms with van der Waals surface area (Å²) < 4.78 is 12.8. The van der Waals surface area contributed by atoms with E-state index in [0.29, 0.717) is 0 Å². The molecular weight excluding hydrogens is 237 g/mol. The van der Waals surface area contributed by atoms with Crippen molar-refractivity contribution in [2.45, 2.75) is 26.3 Å². The molecule has 1 heterocycles. The summed E-state index contributed by atoms with van der Waals surface area (Å²) in [5.74, 6) is -1.55. The van der Waals surface area contributed by atoms with Crippen LogP contribution in [0.1, 0.15) is 31.1 Å². The first-order valence-corrected chi connectivity index (χ1v) is 5.49. The Morgan fingerprint density at radius 3 is 2.61 bits per heavy atom. The fourth-order valence-corrected chi connectivity index (χ4v) is 1.27. The molecule has 98 valence electrons. The summed E-state index contributed by atoms with van der Waals surface area (Å²) in [4.78, 5) is 26.4. The lowest BCUT2D eigenvalue weighted by molar-refractivity contribution is -0.121. The monoisotopic (exact) mass is 253 g/mol. The largest absolute Gasteiger partial charge is 0.350 e. The van der Waals surface area contributed by atoms with Crippen LogP contribution >= 0.6 is 0 Å². The van der Waals surface area contributed by atoms with E-state index in [-0.39, 0.29) is 23.6 Å². The highest BCUT2D eigenvalue weighted by atomic mass is 19.1. The Morgan fingerprint density at radius 1 is 1.39 bits per heavy atom. The molecule has 0 unspecified atom stereocenters. The SMILES string of the molecule is CC(C)(C)NC(=O)CNC(=O)c1ccnc(F)c1. The van der Waals surface area contributed by atoms with Crippen LogP contribution in [0.25, 0.3) is 0 Å². The van der Waals surface area contributed by atoms with Crippen molar-refractivity contribution in [2.75, 3.05) is 6.54 Å². The standard InChI is InChI=1S/C12H16FN3O2/c1-12(2,3)16-10(17)7-15-11(18)8-4-5-14-9(13)6-8/h4-6H,7H2,1-3H3,(H,15,18)(H,16,17). The normalized spacial score (nSPS) is 10.9. The molecule has 0 radical (unpaired) electrons. The molecule has 1 rings (SSSR count). The Labute approximate surface area is 105 Å². The maximum Gasteiger partial charge on any atom is 0.251 e. The lowest BCUT2D eigenvalue weighted by atomic mass is 10.1. The molecule has 0 spiro atoms. The van der Waals surface area contributed by atoms with Gasteiger partial charge >= 0.3 is 0 Å². The summed E-state index contributed by atoms with van der Waals surface area (Å²) in [6.07, 6.45) is 1.19. The first-order chi connectivity index (χ1) is 8.28. The number of halogens is 1. The molecule has 0 bridgehead atoms. The van der Waals surface area contributed by atoms with Gasteiger partial charge in [0.05, 0.1) is 6.54 Å². The van der Waals surface area contributed by atoms with E-state index in [1.54, 1.807) is 0 Å². The van der Waals surface area contributed by atoms with Gasteiger partial charge in [0, 0.05) is 23.4 Å². The average Bonchev–Trinajstić information content (AvgIpc) is 2.23. The van der Waals surface area contributed by atoms with Gasteiger partial charge in [0.2, 0.25) is 11.9 Å². The molecule has 18 heavy (non-hydrogen) atoms. The van der Waals surface area contributed by atoms with E-state index in [4.69, 9.17) is 0 Å². The number of carbonyl (C=O) groups is 2. The van der Waals surface area contributed by atoms with Crippen LogP contribution < -0.4 is 10.6 Å². The van der Waals surface area contributed by atoms with E-state index in [2.05, 4.69) is 15.6 Å². The zero-order valence-corrected chi connectivity index (χ0v) is 10.6. The van der Waals surface area contributed by atoms with Gasteiger partial charge in [0.15, 0.2) is 0 Å². The first kappa shape index (κ1) is 14.1. The molecule has 0 aliphatic carbocycles. The van der Waals surface area contributed by atoms with Crippen molar-refractivity contribution in [2.24, 2.45) is 0 Å². The number of rotatable bonds is 3. The Bertz CT molecular complexity index is 455. The summed E-state index contributed by atoms with van der Waals surface area (Å²) in [6.45, 7) is 5.36. The molecule has 0 fully saturated rings. The fourth-order valence-electron chi connectivity index (χ4n) is 1.27. The van der Waals surface area contributed by atoms with Crippen molar-refractivity contribution in [1.29, 1.82) is 0 Å². The molecular formula is C12H16FN3O2. The predicted octanol–water partition coefficient (Wildman–Crippen LogP) is 0.865. The molecule has 1 aromatic heterocycles. The third kappa shape index (κ3) is 4.90. The van der Waals surface area contributed by atoms with Gasteiger partial charge in [-0.1, -0.05) is 0 Å². The molecule has 2 N–H and O–H groups in total. The van der Waals surface area contributed by atoms with E-state index in [1.807, 2.05) is 20.8 Å². The smallest absolute Gasteiger partial charge is 0.251 e. The lowest BCUT2D eigenvalue weighted by Crippen LogP contribution is -2.45. The Balaban J connectivity index is 2.49. The number of nitrogens with zero attached hydrogens (tertiary/aromatic N) is 1. The van der Waals surface area contributed by atoms with Gasteiger partial charge in [-0.25, -0.2) is 4.98 Å². The molecule has 0 aliphatic heterocycles. The highest BCUT2D eigenvalue weighted by molar-refractivity contribution is 5.96. The maximum atomic E-state index is 12.8. The molecule has 0 aliphatic rings. The predicted molar refractivity (Wildman–Crippen MR) is 64.4 cm³/mol. The molecule has 6 heteroatoms. The van der Waals surface area contributed by atoms with Gasteiger partial charge < -0.3 is 10.6 Å². The molecule has 0 atom stereocenters. The second-order valence-electron chi connectivity index (χ2n) is 4.85. The van der Waals surface area contributed by atoms with Crippen LogP contribution in [-0.4, -0.2) is 28.9 Å². The van der Waals surface area contributed by atoms with Gasteiger partial charge in [0.25, 0.3) is 5.91 Å². The zero-order valence-electron chi connectivity index (χ0n) is 10.6. The third-order valence-corrected chi connectivity index (χ3v) is 1.91. The van der Waals surface area contributed by atoms with E-state index < -0.39 is 11.9 Å². The summed E-state index contributed by atoms with van der Waals surface area (Å²) in [5, 5.41) is 5.10. The van der Waals surface area contributed by atoms with Crippen molar-refractivity contribution < 1.29 is 14.0 Å². The van der Waals surface area contributed by atoms with Crippen LogP contribution in [0.15, 0.2) is 18.3 Å². The van der Waals surface area contributed by atoms with E-state index in [0.717, 1.165) is 6.07 Å². The van der Waals surface area contributed by atoms with Crippen LogP contribution in [-0.2, 0) is 4.79 Å². The van der Waals surface area contributed by atoms with Crippen LogP contribution in [0, 0.1) is 5.95 Å². The lowest BCUT2D eigenvalue weighted by Gasteiger charge is -2.20. The summed E-state index contributed by atoms with van der Waals surface area (Å²) in [6, 6.07) is 2.39. The number of carbonyl (C=O) groups excluding carboxylic acids is 2. The zero-order chi connectivity index (χ0) is 13.8. The minimum Gasteiger partial charge on any atom is -0.350 e. The fraction of sp³-hybridized carbons (Fsp3) is 0.417. The summed E-state index contributed by atoms with van der Waals surface area (Å²) in [5.41, 5.74) is -0.226. The molecule has 0 saturated heterocycles. The molecule has 0 aromatic carbocycles. The number of aromatic nitrogens is 1. The van der Waals surface area contributed by atoms with E-state index in [1.165, 1.54) is 12.3 Å². The summed E-state index contributed by atoms with van der Waals surface area (Å²) in [7, 11) is 0. The number of pyridine rings is 1. The van der Waals surface area contributed by atoms with Gasteiger partial charge in [-0.15, -0.1) is 0 Å². The van der Waals surface area contributed by atoms with Crippen LogP contribution in [0.3, 0.4) is 0 Å². The molecule has 0 saturated carbocycles. The average molecular weight is 253 g/mol. The quantitative estimate of drug-likeness (QED) is 0.785. The van der Waals surface area contributed by atoms with Gasteiger partial charge in [-0.2, -0.15) is 4.39 Å². The van der Waals surface area contributed by atoms with Crippen LogP contribution in [0.5, 0.6) is 0 Å². The Kier molecular flexibility index (Phi) is 4.36. The number of hydrogen-bond donors (Lipinski definition) is 2. The van der Waals surface area contributed by atoms with Crippen molar-refractivity contribution in [1.82, 2.24) is 15.6 Å². The third-order valence-electron chi connectivity index (χ3n) is 1.91. The van der Waals surface area contributed by atoms with E-state index in [9.17, 15) is 14.0 Å². The van der Waals surface area contributed by atoms with Gasteiger partial charge in [0.1, 0.15) is 0 Å². The summed E-state index contributed by atoms with van der Waals surface area (Å²) >= 11 is 0. The first-order valence-electron chi connectivity index (χ1n) is 5.49. The molecule has 1 aromatic rings. The highest BCUT2D eigenvalue weighted by Crippen LogP contribution is 2.00. The maximum absolute atomic E-state index is 12.8. The minimum atomic E-state index is -0.734. The second kappa shape index (κ2) is 5.57. The van der Waals surface area contributed by atoms with Crippen LogP contribution in [0.2, 0.25) is 0 Å². The second-order valence-corrected chi connectivity index (χ2v) is 4.85. The van der Waals surface area contributed by atoms with Crippen molar-refractivity contribution in [3.63, 3.8) is 0 Å². The van der Waals surface area contributed by atoms with Crippen LogP contribution in [0.4, 0.5) is 4.39 Å². The Hall–Kier alpha value is -1.98. The molecule has 5 nitrogen and oxygen atoms in total.